The largest absolute Gasteiger partial charge is 1.00 e. The first kappa shape index (κ1) is 26.1. The normalized spacial score (nSPS) is 9.81. The van der Waals surface area contributed by atoms with Gasteiger partial charge in [0, 0.05) is 5.92 Å². The van der Waals surface area contributed by atoms with Crippen molar-refractivity contribution in [1.29, 1.82) is 0 Å². The van der Waals surface area contributed by atoms with E-state index in [1.807, 2.05) is 0 Å². The van der Waals surface area contributed by atoms with Crippen molar-refractivity contribution in [2.45, 2.75) is 77.6 Å². The van der Waals surface area contributed by atoms with E-state index in [0.29, 0.717) is 6.42 Å². The van der Waals surface area contributed by atoms with Crippen molar-refractivity contribution in [3.63, 3.8) is 0 Å². The van der Waals surface area contributed by atoms with E-state index in [9.17, 15) is 19.8 Å². The van der Waals surface area contributed by atoms with Crippen molar-refractivity contribution in [1.82, 2.24) is 0 Å². The molecule has 6 heteroatoms. The van der Waals surface area contributed by atoms with Gasteiger partial charge in [-0.3, -0.25) is 0 Å². The molecule has 0 aromatic carbocycles. The molecular formula is C15H26Li2O4. The summed E-state index contributed by atoms with van der Waals surface area (Å²) in [7, 11) is 0. The van der Waals surface area contributed by atoms with E-state index in [2.05, 4.69) is 6.92 Å². The fourth-order valence-electron chi connectivity index (χ4n) is 2.17. The van der Waals surface area contributed by atoms with Crippen LogP contribution in [-0.4, -0.2) is 11.9 Å². The molecule has 0 bridgehead atoms. The van der Waals surface area contributed by atoms with Crippen LogP contribution in [0.3, 0.4) is 0 Å². The quantitative estimate of drug-likeness (QED) is 0.194. The predicted octanol–water partition coefficient (Wildman–Crippen LogP) is -4.58. The molecule has 0 fully saturated rings. The average molecular weight is 284 g/mol. The summed E-state index contributed by atoms with van der Waals surface area (Å²) in [5, 5.41) is 21.0. The molecule has 4 nitrogen and oxygen atoms in total. The molecule has 0 saturated carbocycles. The van der Waals surface area contributed by atoms with Gasteiger partial charge in [0.2, 0.25) is 0 Å². The molecule has 0 aromatic heterocycles. The minimum atomic E-state index is -1.53. The van der Waals surface area contributed by atoms with Gasteiger partial charge in [0.15, 0.2) is 0 Å². The van der Waals surface area contributed by atoms with Gasteiger partial charge in [-0.2, -0.15) is 0 Å². The van der Waals surface area contributed by atoms with Gasteiger partial charge in [-0.25, -0.2) is 0 Å². The van der Waals surface area contributed by atoms with Crippen molar-refractivity contribution in [3.05, 3.63) is 0 Å². The van der Waals surface area contributed by atoms with Crippen LogP contribution in [0.1, 0.15) is 77.6 Å². The van der Waals surface area contributed by atoms with Gasteiger partial charge >= 0.3 is 37.7 Å². The van der Waals surface area contributed by atoms with E-state index >= 15 is 0 Å². The van der Waals surface area contributed by atoms with Crippen molar-refractivity contribution in [2.75, 3.05) is 0 Å². The summed E-state index contributed by atoms with van der Waals surface area (Å²) >= 11 is 0. The second-order valence-electron chi connectivity index (χ2n) is 5.16. The van der Waals surface area contributed by atoms with Crippen LogP contribution in [0.4, 0.5) is 0 Å². The Morgan fingerprint density at radius 2 is 1.05 bits per heavy atom. The summed E-state index contributed by atoms with van der Waals surface area (Å²) in [4.78, 5) is 21.0. The Bertz CT molecular complexity index is 246. The monoisotopic (exact) mass is 284 g/mol. The van der Waals surface area contributed by atoms with Gasteiger partial charge in [-0.15, -0.1) is 0 Å². The molecule has 0 saturated heterocycles. The molecule has 0 aromatic rings. The first-order valence-corrected chi connectivity index (χ1v) is 7.51. The molecule has 0 atom stereocenters. The van der Waals surface area contributed by atoms with Crippen LogP contribution < -0.4 is 47.9 Å². The molecule has 112 valence electrons. The smallest absolute Gasteiger partial charge is 0.549 e. The maximum atomic E-state index is 10.5. The predicted molar refractivity (Wildman–Crippen MR) is 70.0 cm³/mol. The molecule has 0 aliphatic heterocycles. The molecule has 0 aliphatic carbocycles. The van der Waals surface area contributed by atoms with Gasteiger partial charge < -0.3 is 19.8 Å². The van der Waals surface area contributed by atoms with E-state index in [1.165, 1.54) is 38.5 Å². The average Bonchev–Trinajstić information content (AvgIpc) is 2.35. The zero-order chi connectivity index (χ0) is 14.5. The summed E-state index contributed by atoms with van der Waals surface area (Å²) in [6, 6.07) is 0. The Labute approximate surface area is 152 Å². The summed E-state index contributed by atoms with van der Waals surface area (Å²) < 4.78 is 0. The van der Waals surface area contributed by atoms with Crippen LogP contribution in [0.5, 0.6) is 0 Å². The van der Waals surface area contributed by atoms with Crippen LogP contribution in [0.15, 0.2) is 0 Å². The number of hydrogen-bond acceptors (Lipinski definition) is 4. The van der Waals surface area contributed by atoms with Gasteiger partial charge in [0.05, 0.1) is 11.9 Å². The first-order chi connectivity index (χ1) is 9.09. The molecular weight excluding hydrogens is 258 g/mol. The van der Waals surface area contributed by atoms with Crippen LogP contribution in [0.2, 0.25) is 0 Å². The summed E-state index contributed by atoms with van der Waals surface area (Å²) in [5.74, 6) is -4.51. The van der Waals surface area contributed by atoms with E-state index in [4.69, 9.17) is 0 Å². The molecule has 0 amide bonds. The molecule has 0 unspecified atom stereocenters. The van der Waals surface area contributed by atoms with Crippen LogP contribution in [-0.2, 0) is 9.59 Å². The summed E-state index contributed by atoms with van der Waals surface area (Å²) in [5.41, 5.74) is 0. The van der Waals surface area contributed by atoms with Crippen LogP contribution in [0.25, 0.3) is 0 Å². The maximum absolute atomic E-state index is 10.5. The maximum Gasteiger partial charge on any atom is 1.00 e. The molecule has 0 radical (unpaired) electrons. The fraction of sp³-hybridized carbons (Fsp3) is 0.867. The minimum Gasteiger partial charge on any atom is -0.549 e. The Balaban J connectivity index is -0.00000162. The summed E-state index contributed by atoms with van der Waals surface area (Å²) in [6.07, 6.45) is 11.5. The second kappa shape index (κ2) is 18.2. The molecule has 0 N–H and O–H groups in total. The van der Waals surface area contributed by atoms with Crippen molar-refractivity contribution in [3.8, 4) is 0 Å². The number of carboxylic acids is 2. The topological polar surface area (TPSA) is 80.3 Å². The van der Waals surface area contributed by atoms with Gasteiger partial charge in [-0.1, -0.05) is 71.1 Å². The third-order valence-corrected chi connectivity index (χ3v) is 3.42. The number of rotatable bonds is 13. The van der Waals surface area contributed by atoms with Crippen LogP contribution >= 0.6 is 0 Å². The van der Waals surface area contributed by atoms with E-state index in [-0.39, 0.29) is 44.1 Å². The number of carboxylic acid groups (broad SMARTS) is 2. The van der Waals surface area contributed by atoms with E-state index in [0.717, 1.165) is 19.3 Å². The number of carbonyl (C=O) groups is 2. The second-order valence-corrected chi connectivity index (χ2v) is 5.16. The van der Waals surface area contributed by atoms with E-state index < -0.39 is 17.9 Å². The zero-order valence-electron chi connectivity index (χ0n) is 14.0. The molecule has 0 heterocycles. The number of unbranched alkanes of at least 4 members (excludes halogenated alkanes) is 9. The Hall–Kier alpha value is 0.135. The molecule has 0 aliphatic rings. The van der Waals surface area contributed by atoms with Crippen molar-refractivity contribution < 1.29 is 57.5 Å². The Kier molecular flexibility index (Phi) is 22.6. The Morgan fingerprint density at radius 3 is 1.38 bits per heavy atom. The third-order valence-electron chi connectivity index (χ3n) is 3.42. The van der Waals surface area contributed by atoms with Gasteiger partial charge in [0.1, 0.15) is 0 Å². The van der Waals surface area contributed by atoms with Crippen molar-refractivity contribution >= 4 is 11.9 Å². The first-order valence-electron chi connectivity index (χ1n) is 7.51. The van der Waals surface area contributed by atoms with Crippen LogP contribution in [0, 0.1) is 5.92 Å². The third kappa shape index (κ3) is 16.3. The number of carbonyl (C=O) groups excluding carboxylic acids is 2. The zero-order valence-corrected chi connectivity index (χ0v) is 14.0. The molecule has 21 heavy (non-hydrogen) atoms. The number of hydrogen-bond donors (Lipinski definition) is 0. The summed E-state index contributed by atoms with van der Waals surface area (Å²) in [6.45, 7) is 2.20. The van der Waals surface area contributed by atoms with Gasteiger partial charge in [-0.05, 0) is 6.42 Å². The molecule has 0 rings (SSSR count). The van der Waals surface area contributed by atoms with Crippen molar-refractivity contribution in [2.24, 2.45) is 5.92 Å². The minimum absolute atomic E-state index is 0. The SMILES string of the molecule is CCCCCCCCCCCCC(C(=O)[O-])C(=O)[O-].[Li+].[Li+]. The Morgan fingerprint density at radius 1 is 0.714 bits per heavy atom. The standard InChI is InChI=1S/C15H28O4.2Li/c1-2-3-4-5-6-7-8-9-10-11-12-13(14(16)17)15(18)19;;/h13H,2-12H2,1H3,(H,16,17)(H,18,19);;/q;2*+1/p-2. The molecule has 0 spiro atoms. The number of aliphatic carboxylic acids is 2. The van der Waals surface area contributed by atoms with E-state index in [1.54, 1.807) is 0 Å². The van der Waals surface area contributed by atoms with Gasteiger partial charge in [0.25, 0.3) is 0 Å². The fourth-order valence-corrected chi connectivity index (χ4v) is 2.17.